The fourth-order valence-electron chi connectivity index (χ4n) is 0.963. The van der Waals surface area contributed by atoms with Crippen LogP contribution in [0.3, 0.4) is 0 Å². The van der Waals surface area contributed by atoms with Gasteiger partial charge >= 0.3 is 0 Å². The summed E-state index contributed by atoms with van der Waals surface area (Å²) in [5.41, 5.74) is 0. The van der Waals surface area contributed by atoms with Crippen molar-refractivity contribution in [2.45, 2.75) is 12.8 Å². The second-order valence-corrected chi connectivity index (χ2v) is 2.08. The molecule has 0 heterocycles. The molecule has 0 aromatic carbocycles. The van der Waals surface area contributed by atoms with Crippen LogP contribution in [0, 0.1) is 23.7 Å². The molecule has 2 aliphatic rings. The summed E-state index contributed by atoms with van der Waals surface area (Å²) in [6, 6.07) is 0. The van der Waals surface area contributed by atoms with Crippen molar-refractivity contribution in [2.75, 3.05) is 0 Å². The van der Waals surface area contributed by atoms with Gasteiger partial charge in [-0.1, -0.05) is 11.8 Å². The van der Waals surface area contributed by atoms with E-state index in [9.17, 15) is 0 Å². The van der Waals surface area contributed by atoms with Crippen LogP contribution in [-0.4, -0.2) is 0 Å². The van der Waals surface area contributed by atoms with Gasteiger partial charge in [0.15, 0.2) is 0 Å². The van der Waals surface area contributed by atoms with E-state index in [0.717, 1.165) is 11.8 Å². The quantitative estimate of drug-likeness (QED) is 0.379. The molecule has 2 aliphatic carbocycles. The fraction of sp³-hybridized carbons (Fsp3) is 0.667. The zero-order valence-corrected chi connectivity index (χ0v) is 3.57. The summed E-state index contributed by atoms with van der Waals surface area (Å²) < 4.78 is 0. The molecule has 0 aromatic heterocycles. The normalized spacial score (nSPS) is 46.7. The number of hydrogen-bond acceptors (Lipinski definition) is 0. The maximum absolute atomic E-state index is 3.09. The first-order chi connectivity index (χ1) is 2.97. The molecule has 0 saturated heterocycles. The lowest BCUT2D eigenvalue weighted by molar-refractivity contribution is 0.284. The molecule has 1 saturated carbocycles. The van der Waals surface area contributed by atoms with E-state index in [1.54, 1.807) is 0 Å². The highest BCUT2D eigenvalue weighted by molar-refractivity contribution is 5.26. The Labute approximate surface area is 37.6 Å². The molecule has 0 radical (unpaired) electrons. The van der Waals surface area contributed by atoms with Crippen molar-refractivity contribution in [3.8, 4) is 11.8 Å². The zero-order valence-electron chi connectivity index (χ0n) is 3.57. The molecule has 6 heavy (non-hydrogen) atoms. The molecule has 2 atom stereocenters. The molecule has 0 N–H and O–H groups in total. The van der Waals surface area contributed by atoms with Crippen molar-refractivity contribution in [1.82, 2.24) is 0 Å². The molecule has 0 aliphatic heterocycles. The van der Waals surface area contributed by atoms with Gasteiger partial charge < -0.3 is 0 Å². The molecule has 30 valence electrons. The summed E-state index contributed by atoms with van der Waals surface area (Å²) in [6.45, 7) is 0. The van der Waals surface area contributed by atoms with Crippen molar-refractivity contribution in [3.63, 3.8) is 0 Å². The SMILES string of the molecule is C1#CC2CCC12. The maximum Gasteiger partial charge on any atom is 0.0341 e. The first kappa shape index (κ1) is 2.69. The van der Waals surface area contributed by atoms with Crippen LogP contribution in [0.2, 0.25) is 0 Å². The molecule has 0 spiro atoms. The van der Waals surface area contributed by atoms with Gasteiger partial charge in [0, 0.05) is 11.8 Å². The average Bonchev–Trinajstić information content (AvgIpc) is 1.54. The van der Waals surface area contributed by atoms with Gasteiger partial charge in [-0.15, -0.1) is 0 Å². The Kier molecular flexibility index (Phi) is 0.283. The summed E-state index contributed by atoms with van der Waals surface area (Å²) in [6.07, 6.45) is 2.77. The molecule has 2 unspecified atom stereocenters. The largest absolute Gasteiger partial charge is 0.0983 e. The van der Waals surface area contributed by atoms with Gasteiger partial charge in [0.25, 0.3) is 0 Å². The van der Waals surface area contributed by atoms with Crippen LogP contribution in [0.5, 0.6) is 0 Å². The fourth-order valence-corrected chi connectivity index (χ4v) is 0.963. The predicted octanol–water partition coefficient (Wildman–Crippen LogP) is 1.03. The van der Waals surface area contributed by atoms with Crippen LogP contribution in [0.1, 0.15) is 12.8 Å². The Morgan fingerprint density at radius 2 is 1.50 bits per heavy atom. The summed E-state index contributed by atoms with van der Waals surface area (Å²) in [4.78, 5) is 0. The molecule has 2 rings (SSSR count). The second-order valence-electron chi connectivity index (χ2n) is 2.08. The topological polar surface area (TPSA) is 0 Å². The summed E-state index contributed by atoms with van der Waals surface area (Å²) in [7, 11) is 0. The highest BCUT2D eigenvalue weighted by Crippen LogP contribution is 2.37. The zero-order chi connectivity index (χ0) is 3.98. The Hall–Kier alpha value is -0.440. The van der Waals surface area contributed by atoms with Crippen LogP contribution < -0.4 is 0 Å². The number of fused-ring (bicyclic) bond motifs is 1. The Balaban J connectivity index is 2.32. The smallest absolute Gasteiger partial charge is 0.0341 e. The average molecular weight is 78.1 g/mol. The van der Waals surface area contributed by atoms with E-state index in [1.807, 2.05) is 0 Å². The highest BCUT2D eigenvalue weighted by atomic mass is 14.3. The summed E-state index contributed by atoms with van der Waals surface area (Å²) in [5, 5.41) is 0. The van der Waals surface area contributed by atoms with E-state index >= 15 is 0 Å². The van der Waals surface area contributed by atoms with Gasteiger partial charge in [-0.25, -0.2) is 0 Å². The number of hydrogen-bond donors (Lipinski definition) is 0. The molecule has 0 aromatic rings. The minimum Gasteiger partial charge on any atom is -0.0983 e. The minimum absolute atomic E-state index is 0.852. The van der Waals surface area contributed by atoms with E-state index in [4.69, 9.17) is 0 Å². The van der Waals surface area contributed by atoms with Crippen molar-refractivity contribution in [2.24, 2.45) is 11.8 Å². The van der Waals surface area contributed by atoms with Crippen molar-refractivity contribution >= 4 is 0 Å². The molecule has 0 amide bonds. The predicted molar refractivity (Wildman–Crippen MR) is 24.0 cm³/mol. The van der Waals surface area contributed by atoms with Crippen molar-refractivity contribution in [3.05, 3.63) is 0 Å². The first-order valence-electron chi connectivity index (χ1n) is 2.48. The number of rotatable bonds is 0. The first-order valence-corrected chi connectivity index (χ1v) is 2.48. The lowest BCUT2D eigenvalue weighted by Crippen LogP contribution is -2.28. The molecule has 0 bridgehead atoms. The van der Waals surface area contributed by atoms with Gasteiger partial charge in [-0.2, -0.15) is 0 Å². The monoisotopic (exact) mass is 78.0 g/mol. The lowest BCUT2D eigenvalue weighted by atomic mass is 9.69. The molecular formula is C6H6. The standard InChI is InChI=1S/C6H6/c1-2-6-4-3-5(1)6/h5-6H,1-2H2. The van der Waals surface area contributed by atoms with Crippen LogP contribution in [0.4, 0.5) is 0 Å². The Morgan fingerprint density at radius 3 is 1.50 bits per heavy atom. The van der Waals surface area contributed by atoms with Gasteiger partial charge in [0.05, 0.1) is 0 Å². The Morgan fingerprint density at radius 1 is 1.00 bits per heavy atom. The van der Waals surface area contributed by atoms with Gasteiger partial charge in [-0.3, -0.25) is 0 Å². The Bertz CT molecular complexity index is 111. The maximum atomic E-state index is 3.09. The molecule has 1 fully saturated rings. The third kappa shape index (κ3) is 0.127. The minimum atomic E-state index is 0.852. The molecule has 0 nitrogen and oxygen atoms in total. The van der Waals surface area contributed by atoms with Crippen LogP contribution in [0.25, 0.3) is 0 Å². The van der Waals surface area contributed by atoms with Crippen molar-refractivity contribution < 1.29 is 0 Å². The van der Waals surface area contributed by atoms with E-state index in [1.165, 1.54) is 12.8 Å². The van der Waals surface area contributed by atoms with E-state index in [-0.39, 0.29) is 0 Å². The second kappa shape index (κ2) is 0.632. The van der Waals surface area contributed by atoms with E-state index < -0.39 is 0 Å². The highest BCUT2D eigenvalue weighted by Gasteiger charge is 2.32. The molecular weight excluding hydrogens is 72.1 g/mol. The lowest BCUT2D eigenvalue weighted by Gasteiger charge is -2.34. The summed E-state index contributed by atoms with van der Waals surface area (Å²) in [5.74, 6) is 7.89. The van der Waals surface area contributed by atoms with Crippen LogP contribution in [-0.2, 0) is 0 Å². The van der Waals surface area contributed by atoms with E-state index in [0.29, 0.717) is 0 Å². The van der Waals surface area contributed by atoms with E-state index in [2.05, 4.69) is 11.8 Å². The van der Waals surface area contributed by atoms with Crippen LogP contribution >= 0.6 is 0 Å². The van der Waals surface area contributed by atoms with Gasteiger partial charge in [-0.05, 0) is 12.8 Å². The third-order valence-corrected chi connectivity index (χ3v) is 1.73. The van der Waals surface area contributed by atoms with Crippen molar-refractivity contribution in [1.29, 1.82) is 0 Å². The van der Waals surface area contributed by atoms with Gasteiger partial charge in [0.2, 0.25) is 0 Å². The van der Waals surface area contributed by atoms with Gasteiger partial charge in [0.1, 0.15) is 0 Å². The third-order valence-electron chi connectivity index (χ3n) is 1.73. The van der Waals surface area contributed by atoms with Crippen LogP contribution in [0.15, 0.2) is 0 Å². The molecule has 0 heteroatoms. The summed E-state index contributed by atoms with van der Waals surface area (Å²) >= 11 is 0.